The molecule has 31 heavy (non-hydrogen) atoms. The van der Waals surface area contributed by atoms with Gasteiger partial charge in [0.2, 0.25) is 0 Å². The van der Waals surface area contributed by atoms with Gasteiger partial charge in [0.25, 0.3) is 0 Å². The highest BCUT2D eigenvalue weighted by Gasteiger charge is 2.26. The zero-order valence-electron chi connectivity index (χ0n) is 17.5. The fraction of sp³-hybridized carbons (Fsp3) is 0.632. The fourth-order valence-electron chi connectivity index (χ4n) is 3.71. The third-order valence-electron chi connectivity index (χ3n) is 5.33. The van der Waals surface area contributed by atoms with Crippen LogP contribution in [0.15, 0.2) is 29.3 Å². The maximum atomic E-state index is 12.7. The maximum absolute atomic E-state index is 12.7. The van der Waals surface area contributed by atoms with Crippen LogP contribution < -0.4 is 20.3 Å². The van der Waals surface area contributed by atoms with Crippen molar-refractivity contribution in [1.82, 2.24) is 15.5 Å². The number of anilines is 1. The second kappa shape index (κ2) is 12.0. The first-order chi connectivity index (χ1) is 14.4. The average molecular weight is 573 g/mol. The van der Waals surface area contributed by atoms with Crippen LogP contribution in [0.25, 0.3) is 0 Å². The summed E-state index contributed by atoms with van der Waals surface area (Å²) in [6, 6.07) is 6.94. The predicted octanol–water partition coefficient (Wildman–Crippen LogP) is 1.38. The molecule has 0 bridgehead atoms. The predicted molar refractivity (Wildman–Crippen MR) is 129 cm³/mol. The number of hydrogen-bond donors (Lipinski definition) is 2. The Hall–Kier alpha value is -1.41. The van der Waals surface area contributed by atoms with Crippen molar-refractivity contribution in [2.75, 3.05) is 62.7 Å². The first-order valence-electron chi connectivity index (χ1n) is 10.0. The van der Waals surface area contributed by atoms with Crippen LogP contribution in [-0.2, 0) is 9.84 Å². The van der Waals surface area contributed by atoms with Gasteiger partial charge in [-0.25, -0.2) is 8.42 Å². The van der Waals surface area contributed by atoms with Crippen LogP contribution >= 0.6 is 24.0 Å². The Balaban J connectivity index is 0.00000341. The molecule has 1 unspecified atom stereocenters. The maximum Gasteiger partial charge on any atom is 0.387 e. The van der Waals surface area contributed by atoms with Crippen molar-refractivity contribution >= 4 is 45.5 Å². The minimum Gasteiger partial charge on any atom is -0.433 e. The molecule has 3 rings (SSSR count). The third-order valence-corrected chi connectivity index (χ3v) is 6.94. The number of para-hydroxylation sites is 2. The molecule has 2 N–H and O–H groups in total. The lowest BCUT2D eigenvalue weighted by molar-refractivity contribution is -0.0495. The number of sulfone groups is 1. The number of aliphatic imine (C=N–C) groups is 1. The van der Waals surface area contributed by atoms with E-state index in [9.17, 15) is 17.2 Å². The van der Waals surface area contributed by atoms with Gasteiger partial charge in [-0.3, -0.25) is 9.89 Å². The monoisotopic (exact) mass is 573 g/mol. The Morgan fingerprint density at radius 2 is 1.97 bits per heavy atom. The van der Waals surface area contributed by atoms with Gasteiger partial charge in [-0.15, -0.1) is 24.0 Å². The highest BCUT2D eigenvalue weighted by atomic mass is 127. The van der Waals surface area contributed by atoms with E-state index in [0.717, 1.165) is 19.5 Å². The van der Waals surface area contributed by atoms with Crippen LogP contribution in [0.1, 0.15) is 6.42 Å². The molecule has 176 valence electrons. The first kappa shape index (κ1) is 25.8. The van der Waals surface area contributed by atoms with Crippen molar-refractivity contribution in [1.29, 1.82) is 0 Å². The van der Waals surface area contributed by atoms with Crippen molar-refractivity contribution in [3.8, 4) is 5.75 Å². The van der Waals surface area contributed by atoms with Gasteiger partial charge < -0.3 is 20.3 Å². The molecule has 0 radical (unpaired) electrons. The number of nitrogens with zero attached hydrogens (tertiary/aromatic N) is 3. The molecule has 2 aliphatic heterocycles. The van der Waals surface area contributed by atoms with Gasteiger partial charge in [0.05, 0.1) is 17.2 Å². The molecule has 8 nitrogen and oxygen atoms in total. The SMILES string of the molecule is CN=C(NCCN1CCS(=O)(=O)CC1)NC1CCN(c2ccccc2OC(F)F)C1.I. The molecular weight excluding hydrogens is 543 g/mol. The third kappa shape index (κ3) is 7.90. The number of hydrogen-bond acceptors (Lipinski definition) is 6. The number of halogens is 3. The molecule has 1 atom stereocenters. The summed E-state index contributed by atoms with van der Waals surface area (Å²) in [5.74, 6) is 1.28. The second-order valence-corrected chi connectivity index (χ2v) is 9.72. The van der Waals surface area contributed by atoms with E-state index in [0.29, 0.717) is 37.8 Å². The lowest BCUT2D eigenvalue weighted by atomic mass is 10.2. The topological polar surface area (TPSA) is 86.3 Å². The standard InChI is InChI=1S/C19H29F2N5O3S.HI/c1-22-19(23-7-9-25-10-12-30(27,28)13-11-25)24-15-6-8-26(14-15)16-4-2-3-5-17(16)29-18(20)21;/h2-5,15,18H,6-14H2,1H3,(H2,22,23,24);1H. The van der Waals surface area contributed by atoms with E-state index in [2.05, 4.69) is 25.3 Å². The van der Waals surface area contributed by atoms with E-state index < -0.39 is 16.4 Å². The second-order valence-electron chi connectivity index (χ2n) is 7.41. The Bertz CT molecular complexity index is 830. The van der Waals surface area contributed by atoms with Crippen molar-refractivity contribution in [2.45, 2.75) is 19.1 Å². The number of ether oxygens (including phenoxy) is 1. The molecule has 2 fully saturated rings. The fourth-order valence-corrected chi connectivity index (χ4v) is 4.98. The van der Waals surface area contributed by atoms with Gasteiger partial charge in [-0.1, -0.05) is 12.1 Å². The number of benzene rings is 1. The molecule has 0 spiro atoms. The van der Waals surface area contributed by atoms with Crippen LogP contribution in [0.2, 0.25) is 0 Å². The normalized spacial score (nSPS) is 21.6. The Morgan fingerprint density at radius 3 is 2.65 bits per heavy atom. The van der Waals surface area contributed by atoms with Crippen LogP contribution in [0, 0.1) is 0 Å². The zero-order valence-corrected chi connectivity index (χ0v) is 20.6. The van der Waals surface area contributed by atoms with Crippen LogP contribution in [0.5, 0.6) is 5.75 Å². The Morgan fingerprint density at radius 1 is 1.26 bits per heavy atom. The summed E-state index contributed by atoms with van der Waals surface area (Å²) in [5.41, 5.74) is 0.657. The number of alkyl halides is 2. The highest BCUT2D eigenvalue weighted by molar-refractivity contribution is 14.0. The summed E-state index contributed by atoms with van der Waals surface area (Å²) < 4.78 is 53.0. The van der Waals surface area contributed by atoms with E-state index >= 15 is 0 Å². The summed E-state index contributed by atoms with van der Waals surface area (Å²) in [6.07, 6.45) is 0.841. The summed E-state index contributed by atoms with van der Waals surface area (Å²) in [5, 5.41) is 6.63. The molecule has 0 aromatic heterocycles. The lowest BCUT2D eigenvalue weighted by Crippen LogP contribution is -2.48. The highest BCUT2D eigenvalue weighted by Crippen LogP contribution is 2.31. The average Bonchev–Trinajstić information content (AvgIpc) is 3.16. The van der Waals surface area contributed by atoms with Gasteiger partial charge in [0.15, 0.2) is 15.8 Å². The quantitative estimate of drug-likeness (QED) is 0.290. The summed E-state index contributed by atoms with van der Waals surface area (Å²) >= 11 is 0. The smallest absolute Gasteiger partial charge is 0.387 e. The van der Waals surface area contributed by atoms with Gasteiger partial charge in [-0.2, -0.15) is 8.78 Å². The zero-order chi connectivity index (χ0) is 21.6. The molecule has 2 heterocycles. The number of rotatable bonds is 7. The minimum atomic E-state index is -2.87. The van der Waals surface area contributed by atoms with Gasteiger partial charge in [0, 0.05) is 52.4 Å². The van der Waals surface area contributed by atoms with E-state index in [4.69, 9.17) is 0 Å². The molecule has 1 aromatic carbocycles. The summed E-state index contributed by atoms with van der Waals surface area (Å²) in [6.45, 7) is 1.04. The molecule has 0 amide bonds. The summed E-state index contributed by atoms with van der Waals surface area (Å²) in [7, 11) is -1.17. The van der Waals surface area contributed by atoms with Gasteiger partial charge >= 0.3 is 6.61 Å². The first-order valence-corrected chi connectivity index (χ1v) is 11.9. The van der Waals surface area contributed by atoms with Crippen molar-refractivity contribution in [3.63, 3.8) is 0 Å². The molecular formula is C19H30F2IN5O3S. The molecule has 0 aliphatic carbocycles. The minimum absolute atomic E-state index is 0. The Labute approximate surface area is 199 Å². The molecule has 2 saturated heterocycles. The Kier molecular flexibility index (Phi) is 10.0. The summed E-state index contributed by atoms with van der Waals surface area (Å²) in [4.78, 5) is 8.40. The van der Waals surface area contributed by atoms with E-state index in [1.54, 1.807) is 31.3 Å². The van der Waals surface area contributed by atoms with Crippen LogP contribution in [-0.4, -0.2) is 89.8 Å². The van der Waals surface area contributed by atoms with Crippen molar-refractivity contribution in [2.24, 2.45) is 4.99 Å². The van der Waals surface area contributed by atoms with E-state index in [1.807, 2.05) is 4.90 Å². The largest absolute Gasteiger partial charge is 0.433 e. The van der Waals surface area contributed by atoms with E-state index in [1.165, 1.54) is 0 Å². The van der Waals surface area contributed by atoms with Crippen LogP contribution in [0.3, 0.4) is 0 Å². The molecule has 2 aliphatic rings. The molecule has 12 heteroatoms. The lowest BCUT2D eigenvalue weighted by Gasteiger charge is -2.27. The number of nitrogens with one attached hydrogen (secondary N) is 2. The molecule has 1 aromatic rings. The number of guanidine groups is 1. The van der Waals surface area contributed by atoms with Crippen molar-refractivity contribution < 1.29 is 21.9 Å². The van der Waals surface area contributed by atoms with E-state index in [-0.39, 0.29) is 47.3 Å². The molecule has 0 saturated carbocycles. The van der Waals surface area contributed by atoms with Crippen molar-refractivity contribution in [3.05, 3.63) is 24.3 Å². The van der Waals surface area contributed by atoms with Crippen LogP contribution in [0.4, 0.5) is 14.5 Å². The van der Waals surface area contributed by atoms with Gasteiger partial charge in [-0.05, 0) is 18.6 Å². The van der Waals surface area contributed by atoms with Gasteiger partial charge in [0.1, 0.15) is 5.75 Å².